The standard InChI is InChI=1S/C19H22FN3O3/c1-13(19(25)22-16-5-4-6-17(11-16)26-3)23(2)12-18(24)21-15-9-7-14(20)8-10-15/h4-11,13H,12H2,1-3H3,(H,21,24)(H,22,25)/t13-/m1/s1. The Bertz CT molecular complexity index is 765. The number of nitrogens with zero attached hydrogens (tertiary/aromatic N) is 1. The highest BCUT2D eigenvalue weighted by Crippen LogP contribution is 2.17. The zero-order chi connectivity index (χ0) is 19.1. The number of anilines is 2. The Morgan fingerprint density at radius 1 is 1.12 bits per heavy atom. The van der Waals surface area contributed by atoms with Gasteiger partial charge in [-0.1, -0.05) is 6.07 Å². The second-order valence-electron chi connectivity index (χ2n) is 5.87. The molecule has 2 rings (SSSR count). The summed E-state index contributed by atoms with van der Waals surface area (Å²) in [6.45, 7) is 1.73. The van der Waals surface area contributed by atoms with Crippen LogP contribution in [0.5, 0.6) is 5.75 Å². The number of rotatable bonds is 7. The first-order chi connectivity index (χ1) is 12.4. The fraction of sp³-hybridized carbons (Fsp3) is 0.263. The second kappa shape index (κ2) is 8.96. The van der Waals surface area contributed by atoms with Gasteiger partial charge in [0.2, 0.25) is 11.8 Å². The van der Waals surface area contributed by atoms with Gasteiger partial charge in [0.05, 0.1) is 19.7 Å². The van der Waals surface area contributed by atoms with Crippen LogP contribution in [0.25, 0.3) is 0 Å². The third-order valence-corrected chi connectivity index (χ3v) is 3.90. The van der Waals surface area contributed by atoms with E-state index in [1.54, 1.807) is 50.2 Å². The summed E-state index contributed by atoms with van der Waals surface area (Å²) >= 11 is 0. The monoisotopic (exact) mass is 359 g/mol. The third-order valence-electron chi connectivity index (χ3n) is 3.90. The molecule has 0 saturated carbocycles. The van der Waals surface area contributed by atoms with Crippen LogP contribution in [0, 0.1) is 5.82 Å². The zero-order valence-electron chi connectivity index (χ0n) is 15.0. The molecule has 0 bridgehead atoms. The number of amides is 2. The predicted molar refractivity (Wildman–Crippen MR) is 98.7 cm³/mol. The summed E-state index contributed by atoms with van der Waals surface area (Å²) in [6.07, 6.45) is 0. The van der Waals surface area contributed by atoms with Crippen LogP contribution in [-0.4, -0.2) is 43.5 Å². The van der Waals surface area contributed by atoms with Crippen LogP contribution in [0.2, 0.25) is 0 Å². The average Bonchev–Trinajstić information content (AvgIpc) is 2.63. The lowest BCUT2D eigenvalue weighted by Crippen LogP contribution is -2.43. The molecule has 0 unspecified atom stereocenters. The Morgan fingerprint density at radius 3 is 2.46 bits per heavy atom. The van der Waals surface area contributed by atoms with E-state index in [9.17, 15) is 14.0 Å². The molecule has 0 radical (unpaired) electrons. The van der Waals surface area contributed by atoms with Gasteiger partial charge in [0.1, 0.15) is 11.6 Å². The van der Waals surface area contributed by atoms with Crippen molar-refractivity contribution in [1.29, 1.82) is 0 Å². The molecule has 2 amide bonds. The summed E-state index contributed by atoms with van der Waals surface area (Å²) in [5, 5.41) is 5.46. The average molecular weight is 359 g/mol. The summed E-state index contributed by atoms with van der Waals surface area (Å²) in [7, 11) is 3.23. The Labute approximate surface area is 152 Å². The van der Waals surface area contributed by atoms with Gasteiger partial charge in [0, 0.05) is 17.4 Å². The van der Waals surface area contributed by atoms with E-state index in [4.69, 9.17) is 4.74 Å². The maximum atomic E-state index is 12.9. The number of halogens is 1. The number of hydrogen-bond donors (Lipinski definition) is 2. The van der Waals surface area contributed by atoms with E-state index >= 15 is 0 Å². The number of ether oxygens (including phenoxy) is 1. The van der Waals surface area contributed by atoms with Crippen molar-refractivity contribution in [1.82, 2.24) is 4.90 Å². The van der Waals surface area contributed by atoms with Crippen LogP contribution in [0.1, 0.15) is 6.92 Å². The fourth-order valence-corrected chi connectivity index (χ4v) is 2.24. The van der Waals surface area contributed by atoms with Crippen LogP contribution in [0.3, 0.4) is 0 Å². The van der Waals surface area contributed by atoms with Gasteiger partial charge in [0.25, 0.3) is 0 Å². The van der Waals surface area contributed by atoms with Crippen molar-refractivity contribution < 1.29 is 18.7 Å². The summed E-state index contributed by atoms with van der Waals surface area (Å²) in [4.78, 5) is 26.1. The summed E-state index contributed by atoms with van der Waals surface area (Å²) in [5.41, 5.74) is 1.11. The molecule has 6 nitrogen and oxygen atoms in total. The van der Waals surface area contributed by atoms with Crippen molar-refractivity contribution in [2.75, 3.05) is 31.3 Å². The van der Waals surface area contributed by atoms with Crippen LogP contribution in [0.4, 0.5) is 15.8 Å². The molecule has 0 heterocycles. The maximum Gasteiger partial charge on any atom is 0.241 e. The summed E-state index contributed by atoms with van der Waals surface area (Å²) in [6, 6.07) is 12.0. The highest BCUT2D eigenvalue weighted by molar-refractivity contribution is 5.96. The molecule has 2 aromatic rings. The highest BCUT2D eigenvalue weighted by atomic mass is 19.1. The molecule has 138 valence electrons. The number of likely N-dealkylation sites (N-methyl/N-ethyl adjacent to an activating group) is 1. The van der Waals surface area contributed by atoms with E-state index in [0.29, 0.717) is 17.1 Å². The zero-order valence-corrected chi connectivity index (χ0v) is 15.0. The molecule has 0 aromatic heterocycles. The summed E-state index contributed by atoms with van der Waals surface area (Å²) in [5.74, 6) is -0.263. The van der Waals surface area contributed by atoms with Gasteiger partial charge in [-0.2, -0.15) is 0 Å². The number of carbonyl (C=O) groups is 2. The van der Waals surface area contributed by atoms with Crippen molar-refractivity contribution in [2.24, 2.45) is 0 Å². The molecule has 0 aliphatic heterocycles. The smallest absolute Gasteiger partial charge is 0.241 e. The van der Waals surface area contributed by atoms with E-state index in [-0.39, 0.29) is 24.2 Å². The predicted octanol–water partition coefficient (Wildman–Crippen LogP) is 2.73. The number of benzene rings is 2. The van der Waals surface area contributed by atoms with E-state index in [1.165, 1.54) is 24.3 Å². The molecule has 2 N–H and O–H groups in total. The molecule has 1 atom stereocenters. The molecule has 2 aromatic carbocycles. The topological polar surface area (TPSA) is 70.7 Å². The molecule has 0 aliphatic carbocycles. The maximum absolute atomic E-state index is 12.9. The molecule has 0 saturated heterocycles. The molecule has 7 heteroatoms. The molecule has 0 aliphatic rings. The number of methoxy groups -OCH3 is 1. The van der Waals surface area contributed by atoms with Gasteiger partial charge in [0.15, 0.2) is 0 Å². The van der Waals surface area contributed by atoms with Crippen molar-refractivity contribution in [2.45, 2.75) is 13.0 Å². The molecule has 0 fully saturated rings. The lowest BCUT2D eigenvalue weighted by molar-refractivity contribution is -0.122. The van der Waals surface area contributed by atoms with Gasteiger partial charge < -0.3 is 15.4 Å². The van der Waals surface area contributed by atoms with E-state index < -0.39 is 6.04 Å². The van der Waals surface area contributed by atoms with Crippen molar-refractivity contribution >= 4 is 23.2 Å². The number of hydrogen-bond acceptors (Lipinski definition) is 4. The Balaban J connectivity index is 1.88. The molecule has 26 heavy (non-hydrogen) atoms. The van der Waals surface area contributed by atoms with Crippen LogP contribution in [0.15, 0.2) is 48.5 Å². The van der Waals surface area contributed by atoms with E-state index in [2.05, 4.69) is 10.6 Å². The Kier molecular flexibility index (Phi) is 6.68. The quantitative estimate of drug-likeness (QED) is 0.797. The lowest BCUT2D eigenvalue weighted by atomic mass is 10.2. The minimum Gasteiger partial charge on any atom is -0.497 e. The van der Waals surface area contributed by atoms with Crippen molar-refractivity contribution in [3.8, 4) is 5.75 Å². The highest BCUT2D eigenvalue weighted by Gasteiger charge is 2.20. The summed E-state index contributed by atoms with van der Waals surface area (Å²) < 4.78 is 18.0. The number of carbonyl (C=O) groups excluding carboxylic acids is 2. The first kappa shape index (κ1) is 19.4. The fourth-order valence-electron chi connectivity index (χ4n) is 2.24. The van der Waals surface area contributed by atoms with Gasteiger partial charge >= 0.3 is 0 Å². The van der Waals surface area contributed by atoms with Crippen LogP contribution >= 0.6 is 0 Å². The van der Waals surface area contributed by atoms with Crippen molar-refractivity contribution in [3.05, 3.63) is 54.3 Å². The molecular formula is C19H22FN3O3. The largest absolute Gasteiger partial charge is 0.497 e. The second-order valence-corrected chi connectivity index (χ2v) is 5.87. The van der Waals surface area contributed by atoms with Gasteiger partial charge in [-0.3, -0.25) is 14.5 Å². The first-order valence-electron chi connectivity index (χ1n) is 8.09. The minimum atomic E-state index is -0.528. The van der Waals surface area contributed by atoms with E-state index in [0.717, 1.165) is 0 Å². The van der Waals surface area contributed by atoms with Gasteiger partial charge in [-0.25, -0.2) is 4.39 Å². The molecule has 0 spiro atoms. The van der Waals surface area contributed by atoms with E-state index in [1.807, 2.05) is 0 Å². The third kappa shape index (κ3) is 5.56. The number of nitrogens with one attached hydrogen (secondary N) is 2. The van der Waals surface area contributed by atoms with Crippen LogP contribution in [-0.2, 0) is 9.59 Å². The Morgan fingerprint density at radius 2 is 1.81 bits per heavy atom. The minimum absolute atomic E-state index is 0.0179. The lowest BCUT2D eigenvalue weighted by Gasteiger charge is -2.23. The molecular weight excluding hydrogens is 337 g/mol. The SMILES string of the molecule is COc1cccc(NC(=O)[C@@H](C)N(C)CC(=O)Nc2ccc(F)cc2)c1. The van der Waals surface area contributed by atoms with Gasteiger partial charge in [-0.05, 0) is 50.4 Å². The normalized spacial score (nSPS) is 11.7. The van der Waals surface area contributed by atoms with Crippen LogP contribution < -0.4 is 15.4 Å². The Hall–Kier alpha value is -2.93. The van der Waals surface area contributed by atoms with Gasteiger partial charge in [-0.15, -0.1) is 0 Å². The first-order valence-corrected chi connectivity index (χ1v) is 8.09. The van der Waals surface area contributed by atoms with Crippen molar-refractivity contribution in [3.63, 3.8) is 0 Å².